The van der Waals surface area contributed by atoms with Crippen molar-refractivity contribution in [2.75, 3.05) is 0 Å². The highest BCUT2D eigenvalue weighted by molar-refractivity contribution is 5.34. The first-order chi connectivity index (χ1) is 23.3. The molecule has 234 valence electrons. The molecule has 0 saturated carbocycles. The lowest BCUT2D eigenvalue weighted by Crippen LogP contribution is -2.07. The molecule has 1 N–H and O–H groups in total. The van der Waals surface area contributed by atoms with Crippen molar-refractivity contribution in [3.63, 3.8) is 0 Å². The van der Waals surface area contributed by atoms with Crippen LogP contribution in [-0.4, -0.2) is 19.5 Å². The molecule has 0 radical (unpaired) electrons. The number of H-pyrrole nitrogens is 1. The quantitative estimate of drug-likeness (QED) is 0.149. The van der Waals surface area contributed by atoms with E-state index in [0.29, 0.717) is 11.8 Å². The summed E-state index contributed by atoms with van der Waals surface area (Å²) in [6.45, 7) is 0.873. The molecule has 0 saturated heterocycles. The van der Waals surface area contributed by atoms with E-state index in [1.54, 1.807) is 6.33 Å². The van der Waals surface area contributed by atoms with Crippen LogP contribution in [0.5, 0.6) is 0 Å². The molecule has 47 heavy (non-hydrogen) atoms. The van der Waals surface area contributed by atoms with E-state index in [1.165, 1.54) is 39.2 Å². The zero-order chi connectivity index (χ0) is 31.9. The molecular weight excluding hydrogens is 573 g/mol. The van der Waals surface area contributed by atoms with Gasteiger partial charge in [0.25, 0.3) is 0 Å². The third kappa shape index (κ3) is 9.05. The first kappa shape index (κ1) is 31.5. The van der Waals surface area contributed by atoms with Gasteiger partial charge in [0.15, 0.2) is 0 Å². The normalized spacial score (nSPS) is 10.9. The highest BCUT2D eigenvalue weighted by atomic mass is 15.0. The molecular formula is C43H42N4. The summed E-state index contributed by atoms with van der Waals surface area (Å²) >= 11 is 0. The van der Waals surface area contributed by atoms with Gasteiger partial charge in [0.2, 0.25) is 0 Å². The third-order valence-electron chi connectivity index (χ3n) is 8.75. The van der Waals surface area contributed by atoms with Crippen LogP contribution in [0.3, 0.4) is 0 Å². The first-order valence-electron chi connectivity index (χ1n) is 16.5. The summed E-state index contributed by atoms with van der Waals surface area (Å²) in [5, 5.41) is 0. The van der Waals surface area contributed by atoms with E-state index in [0.717, 1.165) is 32.2 Å². The van der Waals surface area contributed by atoms with Crippen LogP contribution >= 0.6 is 0 Å². The zero-order valence-corrected chi connectivity index (χ0v) is 26.8. The second kappa shape index (κ2) is 16.7. The lowest BCUT2D eigenvalue weighted by molar-refractivity contribution is 0.662. The van der Waals surface area contributed by atoms with Gasteiger partial charge in [-0.25, -0.2) is 9.97 Å². The minimum Gasteiger partial charge on any atom is -0.348 e. The van der Waals surface area contributed by atoms with E-state index in [2.05, 4.69) is 171 Å². The van der Waals surface area contributed by atoms with Crippen LogP contribution in [0, 0.1) is 0 Å². The zero-order valence-electron chi connectivity index (χ0n) is 26.8. The molecule has 0 unspecified atom stereocenters. The monoisotopic (exact) mass is 614 g/mol. The number of benzene rings is 5. The second-order valence-electron chi connectivity index (χ2n) is 11.9. The summed E-state index contributed by atoms with van der Waals surface area (Å²) < 4.78 is 2.27. The molecule has 0 aliphatic heterocycles. The molecule has 0 spiro atoms. The second-order valence-corrected chi connectivity index (χ2v) is 11.9. The highest BCUT2D eigenvalue weighted by Crippen LogP contribution is 2.30. The van der Waals surface area contributed by atoms with Crippen molar-refractivity contribution in [1.82, 2.24) is 19.5 Å². The Morgan fingerprint density at radius 3 is 1.38 bits per heavy atom. The van der Waals surface area contributed by atoms with Crippen LogP contribution in [0.15, 0.2) is 177 Å². The number of imidazole rings is 2. The van der Waals surface area contributed by atoms with Gasteiger partial charge in [-0.1, -0.05) is 152 Å². The molecule has 0 fully saturated rings. The molecule has 0 atom stereocenters. The fourth-order valence-electron chi connectivity index (χ4n) is 6.29. The van der Waals surface area contributed by atoms with E-state index in [-0.39, 0.29) is 0 Å². The lowest BCUT2D eigenvalue weighted by atomic mass is 9.87. The Labute approximate surface area is 278 Å². The topological polar surface area (TPSA) is 46.5 Å². The summed E-state index contributed by atoms with van der Waals surface area (Å²) in [5.74, 6) is 0.827. The van der Waals surface area contributed by atoms with Crippen molar-refractivity contribution < 1.29 is 0 Å². The lowest BCUT2D eigenvalue weighted by Gasteiger charge is -2.18. The maximum absolute atomic E-state index is 4.40. The number of rotatable bonds is 12. The Hall–Kier alpha value is -5.48. The molecule has 4 nitrogen and oxygen atoms in total. The van der Waals surface area contributed by atoms with Crippen LogP contribution in [0.25, 0.3) is 0 Å². The molecule has 0 bridgehead atoms. The summed E-state index contributed by atoms with van der Waals surface area (Å²) in [5.41, 5.74) is 9.28. The average molecular weight is 615 g/mol. The summed E-state index contributed by atoms with van der Waals surface area (Å²) in [6.07, 6.45) is 11.8. The maximum Gasteiger partial charge on any atom is 0.0951 e. The van der Waals surface area contributed by atoms with Gasteiger partial charge in [-0.3, -0.25) is 0 Å². The molecule has 7 aromatic rings. The van der Waals surface area contributed by atoms with Crippen LogP contribution < -0.4 is 0 Å². The van der Waals surface area contributed by atoms with E-state index >= 15 is 0 Å². The number of nitrogens with one attached hydrogen (secondary N) is 1. The predicted octanol–water partition coefficient (Wildman–Crippen LogP) is 9.87. The van der Waals surface area contributed by atoms with Crippen molar-refractivity contribution >= 4 is 0 Å². The standard InChI is InChI=1S/C25H24N2.C18H18N2/c1-4-10-21(11-5-1)19-27-20-26-18-24(27)16-17-25(22-12-6-2-7-13-22)23-14-8-3-9-15-23;1-3-7-15(8-4-1)18(16-9-5-2-6-10-16)12-11-17-13-19-14-20-17/h1-15,18,20,25H,16-17,19H2;1-10,13-14,18H,11-12H2,(H,19,20). The number of aromatic amines is 1. The van der Waals surface area contributed by atoms with Gasteiger partial charge in [-0.2, -0.15) is 0 Å². The Bertz CT molecular complexity index is 1750. The van der Waals surface area contributed by atoms with Crippen molar-refractivity contribution in [3.05, 3.63) is 216 Å². The molecule has 7 rings (SSSR count). The van der Waals surface area contributed by atoms with E-state index in [1.807, 2.05) is 18.7 Å². The van der Waals surface area contributed by atoms with Crippen LogP contribution in [0.1, 0.15) is 63.9 Å². The van der Waals surface area contributed by atoms with Crippen LogP contribution in [-0.2, 0) is 19.4 Å². The van der Waals surface area contributed by atoms with Gasteiger partial charge in [0.05, 0.1) is 12.7 Å². The van der Waals surface area contributed by atoms with Gasteiger partial charge in [-0.05, 0) is 53.5 Å². The largest absolute Gasteiger partial charge is 0.348 e. The van der Waals surface area contributed by atoms with Gasteiger partial charge >= 0.3 is 0 Å². The molecule has 0 aliphatic rings. The minimum absolute atomic E-state index is 0.396. The van der Waals surface area contributed by atoms with Crippen molar-refractivity contribution in [1.29, 1.82) is 0 Å². The minimum atomic E-state index is 0.396. The maximum atomic E-state index is 4.40. The molecule has 2 heterocycles. The fourth-order valence-corrected chi connectivity index (χ4v) is 6.29. The molecule has 0 aliphatic carbocycles. The smallest absolute Gasteiger partial charge is 0.0951 e. The summed E-state index contributed by atoms with van der Waals surface area (Å²) in [7, 11) is 0. The Morgan fingerprint density at radius 2 is 0.936 bits per heavy atom. The van der Waals surface area contributed by atoms with E-state index in [4.69, 9.17) is 0 Å². The van der Waals surface area contributed by atoms with Crippen LogP contribution in [0.4, 0.5) is 0 Å². The Kier molecular flexibility index (Phi) is 11.2. The van der Waals surface area contributed by atoms with Crippen molar-refractivity contribution in [3.8, 4) is 0 Å². The van der Waals surface area contributed by atoms with E-state index < -0.39 is 0 Å². The van der Waals surface area contributed by atoms with Gasteiger partial charge in [0, 0.05) is 42.2 Å². The molecule has 0 amide bonds. The molecule has 4 heteroatoms. The summed E-state index contributed by atoms with van der Waals surface area (Å²) in [4.78, 5) is 11.7. The number of aromatic nitrogens is 4. The number of hydrogen-bond donors (Lipinski definition) is 1. The summed E-state index contributed by atoms with van der Waals surface area (Å²) in [6, 6.07) is 53.6. The Morgan fingerprint density at radius 1 is 0.489 bits per heavy atom. The number of hydrogen-bond acceptors (Lipinski definition) is 2. The third-order valence-corrected chi connectivity index (χ3v) is 8.75. The average Bonchev–Trinajstić information content (AvgIpc) is 3.84. The highest BCUT2D eigenvalue weighted by Gasteiger charge is 2.16. The first-order valence-corrected chi connectivity index (χ1v) is 16.5. The van der Waals surface area contributed by atoms with Crippen LogP contribution in [0.2, 0.25) is 0 Å². The SMILES string of the molecule is c1ccc(C(CCc2cnc[nH]2)c2ccccc2)cc1.c1ccc(Cn2cncc2CCC(c2ccccc2)c2ccccc2)cc1. The predicted molar refractivity (Wildman–Crippen MR) is 192 cm³/mol. The molecule has 5 aromatic carbocycles. The molecule has 2 aromatic heterocycles. The van der Waals surface area contributed by atoms with E-state index in [9.17, 15) is 0 Å². The number of nitrogens with zero attached hydrogens (tertiary/aromatic N) is 3. The Balaban J connectivity index is 0.000000172. The van der Waals surface area contributed by atoms with Crippen molar-refractivity contribution in [2.24, 2.45) is 0 Å². The van der Waals surface area contributed by atoms with Crippen molar-refractivity contribution in [2.45, 2.75) is 44.1 Å². The van der Waals surface area contributed by atoms with Gasteiger partial charge in [0.1, 0.15) is 0 Å². The fraction of sp³-hybridized carbons (Fsp3) is 0.163. The van der Waals surface area contributed by atoms with Gasteiger partial charge in [-0.15, -0.1) is 0 Å². The van der Waals surface area contributed by atoms with Gasteiger partial charge < -0.3 is 9.55 Å². The number of aryl methyl sites for hydroxylation is 2.